The van der Waals surface area contributed by atoms with Gasteiger partial charge in [-0.2, -0.15) is 10.2 Å². The Morgan fingerprint density at radius 2 is 1.46 bits per heavy atom. The first-order chi connectivity index (χ1) is 29.9. The number of amides is 1. The second kappa shape index (κ2) is 21.5. The largest absolute Gasteiger partial charge is 0.497 e. The number of nitrogens with one attached hydrogen (secondary N) is 1. The topological polar surface area (TPSA) is 156 Å². The van der Waals surface area contributed by atoms with Crippen molar-refractivity contribution in [1.82, 2.24) is 14.2 Å². The maximum absolute atomic E-state index is 14.0. The molecule has 14 nitrogen and oxygen atoms in total. The molecule has 5 atom stereocenters. The number of aromatic nitrogens is 2. The van der Waals surface area contributed by atoms with Crippen molar-refractivity contribution in [3.05, 3.63) is 118 Å². The predicted molar refractivity (Wildman–Crippen MR) is 247 cm³/mol. The molecule has 1 saturated heterocycles. The molecule has 0 radical (unpaired) electrons. The van der Waals surface area contributed by atoms with Crippen LogP contribution in [0.25, 0.3) is 0 Å². The number of carbonyl (C=O) groups excluding carboxylic acids is 1. The van der Waals surface area contributed by atoms with Crippen LogP contribution in [-0.2, 0) is 33.3 Å². The lowest BCUT2D eigenvalue weighted by atomic mass is 9.80. The van der Waals surface area contributed by atoms with Crippen molar-refractivity contribution in [3.8, 4) is 17.6 Å². The number of nitriles is 1. The molecule has 16 heteroatoms. The molecule has 1 N–H and O–H groups in total. The molecule has 1 aliphatic rings. The highest BCUT2D eigenvalue weighted by molar-refractivity contribution is 7.44. The average molecular weight is 902 g/mol. The summed E-state index contributed by atoms with van der Waals surface area (Å²) in [5, 5.41) is 11.9. The summed E-state index contributed by atoms with van der Waals surface area (Å²) in [6.45, 7) is 20.4. The van der Waals surface area contributed by atoms with Gasteiger partial charge in [-0.25, -0.2) is 9.46 Å². The summed E-state index contributed by atoms with van der Waals surface area (Å²) in [7, 11) is -1.24. The normalized spacial score (nSPS) is 18.7. The van der Waals surface area contributed by atoms with Crippen LogP contribution in [0.3, 0.4) is 0 Å². The molecule has 340 valence electrons. The zero-order chi connectivity index (χ0) is 46.1. The van der Waals surface area contributed by atoms with Crippen LogP contribution in [-0.4, -0.2) is 86.3 Å². The molecular weight excluding hydrogens is 838 g/mol. The third-order valence-electron chi connectivity index (χ3n) is 11.4. The van der Waals surface area contributed by atoms with Gasteiger partial charge in [0.1, 0.15) is 41.2 Å². The first-order valence-corrected chi connectivity index (χ1v) is 25.3. The Bertz CT molecular complexity index is 2140. The maximum atomic E-state index is 14.0. The summed E-state index contributed by atoms with van der Waals surface area (Å²) in [4.78, 5) is 30.2. The number of methoxy groups -OCH3 is 2. The van der Waals surface area contributed by atoms with Crippen LogP contribution in [0.4, 0.5) is 5.82 Å². The van der Waals surface area contributed by atoms with Crippen LogP contribution < -0.4 is 20.5 Å². The number of anilines is 1. The number of ether oxygens (including phenoxy) is 4. The highest BCUT2D eigenvalue weighted by Crippen LogP contribution is 2.52. The van der Waals surface area contributed by atoms with Gasteiger partial charge in [-0.15, -0.1) is 0 Å². The molecule has 0 bridgehead atoms. The van der Waals surface area contributed by atoms with Crippen molar-refractivity contribution < 1.29 is 37.2 Å². The van der Waals surface area contributed by atoms with Gasteiger partial charge in [-0.1, -0.05) is 75.4 Å². The Morgan fingerprint density at radius 3 is 1.94 bits per heavy atom. The fourth-order valence-electron chi connectivity index (χ4n) is 7.37. The van der Waals surface area contributed by atoms with Gasteiger partial charge in [-0.05, 0) is 92.8 Å². The maximum Gasteiger partial charge on any atom is 0.351 e. The van der Waals surface area contributed by atoms with E-state index in [4.69, 9.17) is 32.4 Å². The average Bonchev–Trinajstić information content (AvgIpc) is 3.55. The van der Waals surface area contributed by atoms with E-state index in [0.29, 0.717) is 11.5 Å². The van der Waals surface area contributed by atoms with E-state index in [2.05, 4.69) is 82.6 Å². The van der Waals surface area contributed by atoms with Gasteiger partial charge in [0.2, 0.25) is 5.91 Å². The van der Waals surface area contributed by atoms with Gasteiger partial charge in [0, 0.05) is 25.2 Å². The molecule has 63 heavy (non-hydrogen) atoms. The lowest BCUT2D eigenvalue weighted by Gasteiger charge is -2.42. The number of nitrogens with zero attached hydrogens (tertiary/aromatic N) is 4. The van der Waals surface area contributed by atoms with Gasteiger partial charge < -0.3 is 37.7 Å². The van der Waals surface area contributed by atoms with E-state index in [1.54, 1.807) is 26.5 Å². The van der Waals surface area contributed by atoms with Gasteiger partial charge in [0.15, 0.2) is 14.5 Å². The summed E-state index contributed by atoms with van der Waals surface area (Å²) in [5.41, 5.74) is 0.633. The zero-order valence-electron chi connectivity index (χ0n) is 38.7. The number of benzene rings is 3. The number of rotatable bonds is 20. The summed E-state index contributed by atoms with van der Waals surface area (Å²) in [5.74, 6) is 1.12. The van der Waals surface area contributed by atoms with Crippen LogP contribution in [0.2, 0.25) is 18.1 Å². The molecule has 1 fully saturated rings. The van der Waals surface area contributed by atoms with E-state index < -0.39 is 52.7 Å². The molecule has 1 aliphatic heterocycles. The zero-order valence-corrected chi connectivity index (χ0v) is 40.6. The predicted octanol–water partition coefficient (Wildman–Crippen LogP) is 9.18. The van der Waals surface area contributed by atoms with Crippen LogP contribution in [0.5, 0.6) is 11.5 Å². The Labute approximate surface area is 374 Å². The Hall–Kier alpha value is -4.49. The Kier molecular flexibility index (Phi) is 16.9. The minimum Gasteiger partial charge on any atom is -0.497 e. The van der Waals surface area contributed by atoms with Crippen molar-refractivity contribution in [2.24, 2.45) is 0 Å². The second-order valence-electron chi connectivity index (χ2n) is 17.5. The van der Waals surface area contributed by atoms with Crippen LogP contribution in [0, 0.1) is 11.3 Å². The molecule has 1 amide bonds. The fourth-order valence-corrected chi connectivity index (χ4v) is 10.4. The SMILES string of the molecule is COc1ccc(C(OC[C@@H]2O[C@H](n3ccc(NC(C)=O)nc3=O)[C@H](O[Si](C)(C)C(C)(C)C)[C@H]2OP(OCCC#N)N(C(C)C)C(C)C)(c2ccccc2)c2ccc(OC)cc2)cc1. The van der Waals surface area contributed by atoms with Crippen molar-refractivity contribution >= 4 is 28.6 Å². The van der Waals surface area contributed by atoms with E-state index in [0.717, 1.165) is 16.7 Å². The number of hydrogen-bond donors (Lipinski definition) is 1. The molecule has 3 aromatic carbocycles. The molecule has 1 aromatic heterocycles. The summed E-state index contributed by atoms with van der Waals surface area (Å²) >= 11 is 0. The lowest BCUT2D eigenvalue weighted by Crippen LogP contribution is -2.50. The molecule has 5 rings (SSSR count). The molecule has 0 saturated carbocycles. The molecular formula is C47H64N5O9PSi. The van der Waals surface area contributed by atoms with Crippen LogP contribution in [0.15, 0.2) is 95.9 Å². The van der Waals surface area contributed by atoms with Gasteiger partial charge in [-0.3, -0.25) is 9.36 Å². The Morgan fingerprint density at radius 1 is 0.905 bits per heavy atom. The molecule has 0 aliphatic carbocycles. The van der Waals surface area contributed by atoms with E-state index in [9.17, 15) is 14.9 Å². The van der Waals surface area contributed by atoms with E-state index >= 15 is 0 Å². The third kappa shape index (κ3) is 11.6. The van der Waals surface area contributed by atoms with Crippen molar-refractivity contribution in [2.45, 2.75) is 122 Å². The smallest absolute Gasteiger partial charge is 0.351 e. The van der Waals surface area contributed by atoms with Crippen LogP contribution >= 0.6 is 8.53 Å². The highest BCUT2D eigenvalue weighted by atomic mass is 31.2. The number of carbonyl (C=O) groups is 1. The van der Waals surface area contributed by atoms with Crippen molar-refractivity contribution in [3.63, 3.8) is 0 Å². The monoisotopic (exact) mass is 901 g/mol. The van der Waals surface area contributed by atoms with Crippen molar-refractivity contribution in [1.29, 1.82) is 5.26 Å². The van der Waals surface area contributed by atoms with E-state index in [-0.39, 0.29) is 48.5 Å². The quantitative estimate of drug-likeness (QED) is 0.0389. The summed E-state index contributed by atoms with van der Waals surface area (Å²) in [6.07, 6.45) is -1.94. The molecule has 2 heterocycles. The van der Waals surface area contributed by atoms with E-state index in [1.807, 2.05) is 78.9 Å². The van der Waals surface area contributed by atoms with Gasteiger partial charge in [0.25, 0.3) is 8.53 Å². The first-order valence-electron chi connectivity index (χ1n) is 21.3. The van der Waals surface area contributed by atoms with Crippen LogP contribution in [0.1, 0.15) is 84.7 Å². The lowest BCUT2D eigenvalue weighted by molar-refractivity contribution is -0.114. The molecule has 1 unspecified atom stereocenters. The van der Waals surface area contributed by atoms with E-state index in [1.165, 1.54) is 11.5 Å². The summed E-state index contributed by atoms with van der Waals surface area (Å²) < 4.78 is 50.3. The first kappa shape index (κ1) is 49.5. The fraction of sp³-hybridized carbons (Fsp3) is 0.489. The van der Waals surface area contributed by atoms with Gasteiger partial charge in [0.05, 0.1) is 39.9 Å². The minimum atomic E-state index is -2.66. The van der Waals surface area contributed by atoms with Gasteiger partial charge >= 0.3 is 5.69 Å². The molecule has 0 spiro atoms. The Balaban J connectivity index is 1.74. The third-order valence-corrected chi connectivity index (χ3v) is 18.0. The molecule has 4 aromatic rings. The van der Waals surface area contributed by atoms with Crippen molar-refractivity contribution in [2.75, 3.05) is 32.8 Å². The standard InChI is InChI=1S/C47H64N5O9PSi/c1-32(2)52(33(3)4)62(58-30-16-28-48)60-42-40(59-44(43(42)61-63(11,12)46(6,7)8)51-29-27-41(49-34(5)53)50-45(51)54)31-57-47(35-17-14-13-15-18-35,36-19-23-38(55-9)24-20-36)37-21-25-39(56-10)26-22-37/h13-15,17-27,29,32-33,40,42-44H,16,30-31H2,1-12H3,(H,49,50,53,54)/t40-,42-,43+,44-,62?/m0/s1. The highest BCUT2D eigenvalue weighted by Gasteiger charge is 2.54. The number of hydrogen-bond acceptors (Lipinski definition) is 12. The minimum absolute atomic E-state index is 0.00483. The summed E-state index contributed by atoms with van der Waals surface area (Å²) in [6, 6.07) is 29.2. The second-order valence-corrected chi connectivity index (χ2v) is 23.7.